The Labute approximate surface area is 126 Å². The maximum absolute atomic E-state index is 12.2. The summed E-state index contributed by atoms with van der Waals surface area (Å²) in [6.45, 7) is 0. The van der Waals surface area contributed by atoms with E-state index < -0.39 is 0 Å². The van der Waals surface area contributed by atoms with Gasteiger partial charge >= 0.3 is 5.97 Å². The second-order valence-electron chi connectivity index (χ2n) is 5.88. The van der Waals surface area contributed by atoms with Crippen LogP contribution in [0.3, 0.4) is 0 Å². The number of hydrogen-bond acceptors (Lipinski definition) is 3. The molecular formula is C18H24O3. The molecule has 0 amide bonds. The number of benzene rings is 1. The quantitative estimate of drug-likeness (QED) is 0.752. The Kier molecular flexibility index (Phi) is 5.97. The first kappa shape index (κ1) is 15.7. The van der Waals surface area contributed by atoms with E-state index in [0.29, 0.717) is 18.6 Å². The Morgan fingerprint density at radius 1 is 1.29 bits per heavy atom. The van der Waals surface area contributed by atoms with Gasteiger partial charge in [0, 0.05) is 18.8 Å². The number of hydrogen-bond donors (Lipinski definition) is 0. The van der Waals surface area contributed by atoms with Gasteiger partial charge in [-0.15, -0.1) is 0 Å². The van der Waals surface area contributed by atoms with E-state index in [0.717, 1.165) is 32.1 Å². The van der Waals surface area contributed by atoms with Crippen molar-refractivity contribution in [2.45, 2.75) is 44.9 Å². The van der Waals surface area contributed by atoms with Gasteiger partial charge in [0.15, 0.2) is 0 Å². The monoisotopic (exact) mass is 288 g/mol. The molecule has 1 fully saturated rings. The summed E-state index contributed by atoms with van der Waals surface area (Å²) in [5.41, 5.74) is 1.31. The molecule has 2 atom stereocenters. The smallest absolute Gasteiger partial charge is 0.305 e. The van der Waals surface area contributed by atoms with E-state index in [1.54, 1.807) is 0 Å². The fourth-order valence-corrected chi connectivity index (χ4v) is 3.30. The van der Waals surface area contributed by atoms with Crippen LogP contribution in [0.15, 0.2) is 30.3 Å². The Morgan fingerprint density at radius 2 is 2.05 bits per heavy atom. The molecule has 0 aliphatic heterocycles. The number of methoxy groups -OCH3 is 1. The highest BCUT2D eigenvalue weighted by atomic mass is 16.5. The van der Waals surface area contributed by atoms with Crippen molar-refractivity contribution < 1.29 is 14.3 Å². The van der Waals surface area contributed by atoms with Crippen LogP contribution < -0.4 is 0 Å². The summed E-state index contributed by atoms with van der Waals surface area (Å²) in [6, 6.07) is 10.3. The van der Waals surface area contributed by atoms with E-state index in [9.17, 15) is 9.59 Å². The summed E-state index contributed by atoms with van der Waals surface area (Å²) < 4.78 is 4.76. The maximum Gasteiger partial charge on any atom is 0.305 e. The number of carbonyl (C=O) groups is 2. The van der Waals surface area contributed by atoms with Crippen LogP contribution in [-0.2, 0) is 20.7 Å². The number of Topliss-reactive ketones (excluding diaryl/α,β-unsaturated/α-hetero) is 1. The average molecular weight is 288 g/mol. The van der Waals surface area contributed by atoms with Crippen LogP contribution in [0.1, 0.15) is 44.1 Å². The van der Waals surface area contributed by atoms with E-state index in [1.165, 1.54) is 12.7 Å². The fraction of sp³-hybridized carbons (Fsp3) is 0.556. The summed E-state index contributed by atoms with van der Waals surface area (Å²) in [6.07, 6.45) is 5.82. The molecule has 1 aromatic carbocycles. The topological polar surface area (TPSA) is 43.4 Å². The third-order valence-corrected chi connectivity index (χ3v) is 4.46. The second kappa shape index (κ2) is 7.96. The lowest BCUT2D eigenvalue weighted by Crippen LogP contribution is -2.30. The van der Waals surface area contributed by atoms with E-state index >= 15 is 0 Å². The van der Waals surface area contributed by atoms with Crippen molar-refractivity contribution in [2.75, 3.05) is 7.11 Å². The van der Waals surface area contributed by atoms with E-state index in [2.05, 4.69) is 12.1 Å². The van der Waals surface area contributed by atoms with Gasteiger partial charge in [0.05, 0.1) is 7.11 Å². The molecule has 0 spiro atoms. The minimum Gasteiger partial charge on any atom is -0.469 e. The second-order valence-corrected chi connectivity index (χ2v) is 5.88. The third-order valence-electron chi connectivity index (χ3n) is 4.46. The molecule has 0 aromatic heterocycles. The third kappa shape index (κ3) is 4.69. The summed E-state index contributed by atoms with van der Waals surface area (Å²) in [4.78, 5) is 23.7. The number of carbonyl (C=O) groups excluding carboxylic acids is 2. The SMILES string of the molecule is COC(=O)C[C@H]1CCCC(=O)[C@@H]1CCCc1ccccc1. The van der Waals surface area contributed by atoms with Crippen molar-refractivity contribution in [1.29, 1.82) is 0 Å². The van der Waals surface area contributed by atoms with Crippen molar-refractivity contribution in [3.05, 3.63) is 35.9 Å². The summed E-state index contributed by atoms with van der Waals surface area (Å²) in [5, 5.41) is 0. The first-order valence-corrected chi connectivity index (χ1v) is 7.84. The van der Waals surface area contributed by atoms with Gasteiger partial charge < -0.3 is 4.74 Å². The van der Waals surface area contributed by atoms with Crippen molar-refractivity contribution in [2.24, 2.45) is 11.8 Å². The first-order chi connectivity index (χ1) is 10.2. The molecule has 0 saturated heterocycles. The minimum atomic E-state index is -0.192. The van der Waals surface area contributed by atoms with Crippen LogP contribution in [-0.4, -0.2) is 18.9 Å². The Balaban J connectivity index is 1.87. The lowest BCUT2D eigenvalue weighted by atomic mass is 9.74. The first-order valence-electron chi connectivity index (χ1n) is 7.84. The molecular weight excluding hydrogens is 264 g/mol. The lowest BCUT2D eigenvalue weighted by Gasteiger charge is -2.29. The van der Waals surface area contributed by atoms with Gasteiger partial charge in [-0.2, -0.15) is 0 Å². The highest BCUT2D eigenvalue weighted by Gasteiger charge is 2.32. The Bertz CT molecular complexity index is 467. The highest BCUT2D eigenvalue weighted by Crippen LogP contribution is 2.33. The van der Waals surface area contributed by atoms with Gasteiger partial charge in [-0.1, -0.05) is 30.3 Å². The van der Waals surface area contributed by atoms with Crippen LogP contribution >= 0.6 is 0 Å². The van der Waals surface area contributed by atoms with Crippen LogP contribution in [0, 0.1) is 11.8 Å². The molecule has 3 heteroatoms. The zero-order chi connectivity index (χ0) is 15.1. The Hall–Kier alpha value is -1.64. The van der Waals surface area contributed by atoms with Crippen LogP contribution in [0.2, 0.25) is 0 Å². The summed E-state index contributed by atoms with van der Waals surface area (Å²) >= 11 is 0. The molecule has 1 aliphatic rings. The number of esters is 1. The number of ether oxygens (including phenoxy) is 1. The van der Waals surface area contributed by atoms with Gasteiger partial charge in [-0.05, 0) is 43.6 Å². The largest absolute Gasteiger partial charge is 0.469 e. The molecule has 0 heterocycles. The summed E-state index contributed by atoms with van der Waals surface area (Å²) in [5.74, 6) is 0.363. The molecule has 0 radical (unpaired) electrons. The van der Waals surface area contributed by atoms with E-state index in [1.807, 2.05) is 18.2 Å². The summed E-state index contributed by atoms with van der Waals surface area (Å²) in [7, 11) is 1.41. The minimum absolute atomic E-state index is 0.0431. The highest BCUT2D eigenvalue weighted by molar-refractivity contribution is 5.83. The molecule has 114 valence electrons. The van der Waals surface area contributed by atoms with Crippen molar-refractivity contribution >= 4 is 11.8 Å². The van der Waals surface area contributed by atoms with Gasteiger partial charge in [0.25, 0.3) is 0 Å². The zero-order valence-electron chi connectivity index (χ0n) is 12.7. The van der Waals surface area contributed by atoms with Crippen molar-refractivity contribution in [1.82, 2.24) is 0 Å². The lowest BCUT2D eigenvalue weighted by molar-refractivity contribution is -0.143. The molecule has 21 heavy (non-hydrogen) atoms. The van der Waals surface area contributed by atoms with Gasteiger partial charge in [0.1, 0.15) is 5.78 Å². The Morgan fingerprint density at radius 3 is 2.76 bits per heavy atom. The average Bonchev–Trinajstić information content (AvgIpc) is 2.51. The normalized spacial score (nSPS) is 22.0. The number of ketones is 1. The molecule has 3 nitrogen and oxygen atoms in total. The zero-order valence-corrected chi connectivity index (χ0v) is 12.7. The molecule has 0 N–H and O–H groups in total. The molecule has 2 rings (SSSR count). The van der Waals surface area contributed by atoms with Crippen molar-refractivity contribution in [3.63, 3.8) is 0 Å². The molecule has 1 aliphatic carbocycles. The molecule has 1 saturated carbocycles. The molecule has 1 aromatic rings. The molecule has 0 bridgehead atoms. The number of aryl methyl sites for hydroxylation is 1. The van der Waals surface area contributed by atoms with Crippen LogP contribution in [0.4, 0.5) is 0 Å². The molecule has 0 unspecified atom stereocenters. The van der Waals surface area contributed by atoms with Crippen molar-refractivity contribution in [3.8, 4) is 0 Å². The number of rotatable bonds is 6. The maximum atomic E-state index is 12.2. The standard InChI is InChI=1S/C18H24O3/c1-21-18(20)13-15-10-6-12-17(19)16(15)11-5-9-14-7-3-2-4-8-14/h2-4,7-8,15-16H,5-6,9-13H2,1H3/t15-,16-/m1/s1. The fourth-order valence-electron chi connectivity index (χ4n) is 3.30. The van der Waals surface area contributed by atoms with Gasteiger partial charge in [-0.3, -0.25) is 9.59 Å². The van der Waals surface area contributed by atoms with Crippen LogP contribution in [0.25, 0.3) is 0 Å². The van der Waals surface area contributed by atoms with E-state index in [4.69, 9.17) is 4.74 Å². The predicted molar refractivity (Wildman–Crippen MR) is 81.9 cm³/mol. The predicted octanol–water partition coefficient (Wildman–Crippen LogP) is 3.56. The van der Waals surface area contributed by atoms with Gasteiger partial charge in [-0.25, -0.2) is 0 Å². The van der Waals surface area contributed by atoms with Gasteiger partial charge in [0.2, 0.25) is 0 Å². The van der Waals surface area contributed by atoms with Crippen LogP contribution in [0.5, 0.6) is 0 Å². The van der Waals surface area contributed by atoms with E-state index in [-0.39, 0.29) is 17.8 Å².